The standard InChI is InChI=1S/C18H28N4O3/c1-14-12-22(13-15(2)25-14)17-4-3-16(11-20-17)18(23)19-5-6-21-7-9-24-10-8-21/h3-4,11,14-15H,5-10,12-13H2,1-2H3,(H,19,23)/t14-,15-/m1/s1. The number of ether oxygens (including phenoxy) is 2. The fourth-order valence-corrected chi connectivity index (χ4v) is 3.33. The molecule has 1 amide bonds. The molecule has 7 nitrogen and oxygen atoms in total. The van der Waals surface area contributed by atoms with Crippen molar-refractivity contribution in [2.45, 2.75) is 26.1 Å². The van der Waals surface area contributed by atoms with E-state index < -0.39 is 0 Å². The second-order valence-electron chi connectivity index (χ2n) is 6.78. The van der Waals surface area contributed by atoms with Crippen molar-refractivity contribution in [3.05, 3.63) is 23.9 Å². The number of rotatable bonds is 5. The van der Waals surface area contributed by atoms with Crippen LogP contribution in [0.15, 0.2) is 18.3 Å². The summed E-state index contributed by atoms with van der Waals surface area (Å²) in [5.74, 6) is 0.822. The third-order valence-electron chi connectivity index (χ3n) is 4.57. The minimum Gasteiger partial charge on any atom is -0.379 e. The van der Waals surface area contributed by atoms with E-state index in [4.69, 9.17) is 9.47 Å². The average Bonchev–Trinajstić information content (AvgIpc) is 2.62. The second kappa shape index (κ2) is 8.60. The van der Waals surface area contributed by atoms with Crippen LogP contribution in [0.5, 0.6) is 0 Å². The van der Waals surface area contributed by atoms with Crippen LogP contribution in [0.4, 0.5) is 5.82 Å². The molecule has 1 aromatic rings. The average molecular weight is 348 g/mol. The smallest absolute Gasteiger partial charge is 0.252 e. The summed E-state index contributed by atoms with van der Waals surface area (Å²) in [6.45, 7) is 10.7. The Balaban J connectivity index is 1.48. The van der Waals surface area contributed by atoms with E-state index in [2.05, 4.69) is 33.9 Å². The van der Waals surface area contributed by atoms with Crippen molar-refractivity contribution >= 4 is 11.7 Å². The number of aromatic nitrogens is 1. The molecule has 2 aliphatic heterocycles. The van der Waals surface area contributed by atoms with Crippen molar-refractivity contribution in [1.29, 1.82) is 0 Å². The molecule has 3 heterocycles. The molecule has 0 aromatic carbocycles. The molecule has 7 heteroatoms. The van der Waals surface area contributed by atoms with Crippen molar-refractivity contribution in [3.63, 3.8) is 0 Å². The van der Waals surface area contributed by atoms with E-state index in [1.54, 1.807) is 6.20 Å². The van der Waals surface area contributed by atoms with Gasteiger partial charge in [-0.25, -0.2) is 4.98 Å². The number of carbonyl (C=O) groups excluding carboxylic acids is 1. The van der Waals surface area contributed by atoms with Crippen LogP contribution >= 0.6 is 0 Å². The zero-order valence-electron chi connectivity index (χ0n) is 15.1. The fraction of sp³-hybridized carbons (Fsp3) is 0.667. The zero-order valence-corrected chi connectivity index (χ0v) is 15.1. The van der Waals surface area contributed by atoms with Gasteiger partial charge in [-0.3, -0.25) is 9.69 Å². The number of hydrogen-bond donors (Lipinski definition) is 1. The Labute approximate surface area is 149 Å². The largest absolute Gasteiger partial charge is 0.379 e. The van der Waals surface area contributed by atoms with Crippen LogP contribution in [-0.4, -0.2) is 80.5 Å². The van der Waals surface area contributed by atoms with Crippen LogP contribution in [0.1, 0.15) is 24.2 Å². The monoisotopic (exact) mass is 348 g/mol. The molecule has 2 aliphatic rings. The first-order chi connectivity index (χ1) is 12.1. The van der Waals surface area contributed by atoms with Crippen LogP contribution in [0.25, 0.3) is 0 Å². The molecule has 25 heavy (non-hydrogen) atoms. The first-order valence-electron chi connectivity index (χ1n) is 9.06. The molecule has 0 unspecified atom stereocenters. The van der Waals surface area contributed by atoms with Crippen molar-refractivity contribution in [3.8, 4) is 0 Å². The Morgan fingerprint density at radius 3 is 2.60 bits per heavy atom. The maximum Gasteiger partial charge on any atom is 0.252 e. The van der Waals surface area contributed by atoms with Crippen LogP contribution in [0.3, 0.4) is 0 Å². The molecule has 2 saturated heterocycles. The van der Waals surface area contributed by atoms with Gasteiger partial charge in [0.25, 0.3) is 5.91 Å². The lowest BCUT2D eigenvalue weighted by Crippen LogP contribution is -2.45. The molecular formula is C18H28N4O3. The van der Waals surface area contributed by atoms with Crippen LogP contribution in [0.2, 0.25) is 0 Å². The van der Waals surface area contributed by atoms with Crippen molar-refractivity contribution in [1.82, 2.24) is 15.2 Å². The van der Waals surface area contributed by atoms with Crippen molar-refractivity contribution in [2.75, 3.05) is 57.4 Å². The molecule has 1 aromatic heterocycles. The summed E-state index contributed by atoms with van der Waals surface area (Å²) < 4.78 is 11.1. The normalized spacial score (nSPS) is 25.0. The number of pyridine rings is 1. The molecule has 2 fully saturated rings. The van der Waals surface area contributed by atoms with Gasteiger partial charge in [0.1, 0.15) is 5.82 Å². The third-order valence-corrected chi connectivity index (χ3v) is 4.57. The van der Waals surface area contributed by atoms with E-state index in [9.17, 15) is 4.79 Å². The first-order valence-corrected chi connectivity index (χ1v) is 9.06. The molecule has 0 aliphatic carbocycles. The van der Waals surface area contributed by atoms with Crippen LogP contribution in [0, 0.1) is 0 Å². The molecule has 1 N–H and O–H groups in total. The molecule has 3 rings (SSSR count). The number of nitrogens with zero attached hydrogens (tertiary/aromatic N) is 3. The van der Waals surface area contributed by atoms with E-state index in [0.29, 0.717) is 12.1 Å². The Bertz CT molecular complexity index is 550. The highest BCUT2D eigenvalue weighted by molar-refractivity contribution is 5.94. The maximum atomic E-state index is 12.3. The Hall–Kier alpha value is -1.70. The van der Waals surface area contributed by atoms with Gasteiger partial charge >= 0.3 is 0 Å². The van der Waals surface area contributed by atoms with Gasteiger partial charge in [-0.2, -0.15) is 0 Å². The fourth-order valence-electron chi connectivity index (χ4n) is 3.33. The van der Waals surface area contributed by atoms with E-state index in [0.717, 1.165) is 51.8 Å². The summed E-state index contributed by atoms with van der Waals surface area (Å²) >= 11 is 0. The molecular weight excluding hydrogens is 320 g/mol. The number of nitrogens with one attached hydrogen (secondary N) is 1. The maximum absolute atomic E-state index is 12.3. The number of carbonyl (C=O) groups is 1. The van der Waals surface area contributed by atoms with E-state index in [1.165, 1.54) is 0 Å². The predicted octanol–water partition coefficient (Wildman–Crippen LogP) is 0.757. The molecule has 138 valence electrons. The highest BCUT2D eigenvalue weighted by Gasteiger charge is 2.23. The van der Waals surface area contributed by atoms with Crippen LogP contribution in [-0.2, 0) is 9.47 Å². The molecule has 0 saturated carbocycles. The summed E-state index contributed by atoms with van der Waals surface area (Å²) in [5.41, 5.74) is 0.597. The van der Waals surface area contributed by atoms with Crippen LogP contribution < -0.4 is 10.2 Å². The number of hydrogen-bond acceptors (Lipinski definition) is 6. The SMILES string of the molecule is C[C@@H]1CN(c2ccc(C(=O)NCCN3CCOCC3)cn2)C[C@@H](C)O1. The molecule has 0 bridgehead atoms. The third kappa shape index (κ3) is 5.14. The molecule has 0 radical (unpaired) electrons. The quantitative estimate of drug-likeness (QED) is 0.847. The topological polar surface area (TPSA) is 66.9 Å². The molecule has 2 atom stereocenters. The Morgan fingerprint density at radius 1 is 1.24 bits per heavy atom. The van der Waals surface area contributed by atoms with Crippen molar-refractivity contribution in [2.24, 2.45) is 0 Å². The van der Waals surface area contributed by atoms with Gasteiger partial charge in [0.05, 0.1) is 31.0 Å². The van der Waals surface area contributed by atoms with Gasteiger partial charge in [-0.15, -0.1) is 0 Å². The Kier molecular flexibility index (Phi) is 6.23. The van der Waals surface area contributed by atoms with Gasteiger partial charge in [0.15, 0.2) is 0 Å². The summed E-state index contributed by atoms with van der Waals surface area (Å²) in [6.07, 6.45) is 2.03. The van der Waals surface area contributed by atoms with Gasteiger partial charge in [0.2, 0.25) is 0 Å². The lowest BCUT2D eigenvalue weighted by Gasteiger charge is -2.36. The van der Waals surface area contributed by atoms with Crippen molar-refractivity contribution < 1.29 is 14.3 Å². The predicted molar refractivity (Wildman–Crippen MR) is 96.1 cm³/mol. The van der Waals surface area contributed by atoms with Gasteiger partial charge in [0, 0.05) is 45.5 Å². The highest BCUT2D eigenvalue weighted by atomic mass is 16.5. The highest BCUT2D eigenvalue weighted by Crippen LogP contribution is 2.18. The van der Waals surface area contributed by atoms with Gasteiger partial charge in [-0.05, 0) is 26.0 Å². The number of anilines is 1. The van der Waals surface area contributed by atoms with E-state index >= 15 is 0 Å². The lowest BCUT2D eigenvalue weighted by atomic mass is 10.2. The summed E-state index contributed by atoms with van der Waals surface area (Å²) in [6, 6.07) is 3.76. The second-order valence-corrected chi connectivity index (χ2v) is 6.78. The van der Waals surface area contributed by atoms with Gasteiger partial charge in [-0.1, -0.05) is 0 Å². The lowest BCUT2D eigenvalue weighted by molar-refractivity contribution is -0.00546. The zero-order chi connectivity index (χ0) is 17.6. The summed E-state index contributed by atoms with van der Waals surface area (Å²) in [4.78, 5) is 21.2. The Morgan fingerprint density at radius 2 is 1.96 bits per heavy atom. The summed E-state index contributed by atoms with van der Waals surface area (Å²) in [5, 5.41) is 2.96. The molecule has 0 spiro atoms. The minimum absolute atomic E-state index is 0.0731. The van der Waals surface area contributed by atoms with E-state index in [-0.39, 0.29) is 18.1 Å². The number of morpholine rings is 2. The minimum atomic E-state index is -0.0731. The van der Waals surface area contributed by atoms with Gasteiger partial charge < -0.3 is 19.7 Å². The summed E-state index contributed by atoms with van der Waals surface area (Å²) in [7, 11) is 0. The first kappa shape index (κ1) is 18.1. The number of amides is 1. The van der Waals surface area contributed by atoms with E-state index in [1.807, 2.05) is 12.1 Å².